The first-order chi connectivity index (χ1) is 9.04. The first kappa shape index (κ1) is 14.7. The molecule has 1 aromatic heterocycles. The smallest absolute Gasteiger partial charge is 0.134 e. The molecule has 0 radical (unpaired) electrons. The second-order valence-electron chi connectivity index (χ2n) is 5.64. The molecule has 0 amide bonds. The van der Waals surface area contributed by atoms with Crippen molar-refractivity contribution in [3.63, 3.8) is 0 Å². The Morgan fingerprint density at radius 1 is 1.26 bits per heavy atom. The van der Waals surface area contributed by atoms with Gasteiger partial charge in [-0.25, -0.2) is 9.97 Å². The van der Waals surface area contributed by atoms with E-state index < -0.39 is 0 Å². The van der Waals surface area contributed by atoms with Crippen LogP contribution in [0.2, 0.25) is 0 Å². The van der Waals surface area contributed by atoms with E-state index in [1.807, 2.05) is 6.07 Å². The lowest BCUT2D eigenvalue weighted by Crippen LogP contribution is -2.33. The van der Waals surface area contributed by atoms with E-state index in [1.54, 1.807) is 0 Å². The van der Waals surface area contributed by atoms with Crippen molar-refractivity contribution in [1.29, 1.82) is 0 Å². The van der Waals surface area contributed by atoms with Crippen molar-refractivity contribution in [2.45, 2.75) is 45.6 Å². The molecule has 1 aromatic rings. The van der Waals surface area contributed by atoms with Gasteiger partial charge in [0.15, 0.2) is 0 Å². The molecule has 0 aromatic carbocycles. The molecule has 0 saturated carbocycles. The van der Waals surface area contributed by atoms with Gasteiger partial charge in [-0.15, -0.1) is 0 Å². The van der Waals surface area contributed by atoms with Crippen molar-refractivity contribution in [3.05, 3.63) is 16.5 Å². The van der Waals surface area contributed by atoms with Gasteiger partial charge in [0.2, 0.25) is 0 Å². The molecule has 1 saturated heterocycles. The summed E-state index contributed by atoms with van der Waals surface area (Å²) in [5, 5.41) is 3.48. The van der Waals surface area contributed by atoms with Crippen LogP contribution in [0.1, 0.15) is 45.4 Å². The van der Waals surface area contributed by atoms with Gasteiger partial charge in [0.1, 0.15) is 16.2 Å². The molecule has 1 unspecified atom stereocenters. The molecular formula is C14H23BrN4. The number of nitrogens with zero attached hydrogens (tertiary/aromatic N) is 3. The Hall–Kier alpha value is -0.680. The average molecular weight is 327 g/mol. The number of likely N-dealkylation sites (tertiary alicyclic amines) is 1. The maximum atomic E-state index is 4.58. The van der Waals surface area contributed by atoms with Gasteiger partial charge in [0.25, 0.3) is 0 Å². The van der Waals surface area contributed by atoms with Crippen LogP contribution in [-0.2, 0) is 0 Å². The minimum atomic E-state index is 0.340. The van der Waals surface area contributed by atoms with Gasteiger partial charge in [-0.1, -0.05) is 13.8 Å². The number of hydrogen-bond donors (Lipinski definition) is 1. The van der Waals surface area contributed by atoms with E-state index in [9.17, 15) is 0 Å². The average Bonchev–Trinajstić information content (AvgIpc) is 2.80. The Balaban J connectivity index is 1.97. The number of anilines is 1. The Morgan fingerprint density at radius 3 is 2.58 bits per heavy atom. The molecule has 1 aliphatic rings. The summed E-state index contributed by atoms with van der Waals surface area (Å²) in [6.07, 6.45) is 2.67. The summed E-state index contributed by atoms with van der Waals surface area (Å²) in [6.45, 7) is 9.98. The summed E-state index contributed by atoms with van der Waals surface area (Å²) in [6, 6.07) is 2.35. The predicted molar refractivity (Wildman–Crippen MR) is 82.6 cm³/mol. The van der Waals surface area contributed by atoms with Crippen LogP contribution in [0.4, 0.5) is 5.82 Å². The normalized spacial score (nSPS) is 17.9. The number of nitrogens with one attached hydrogen (secondary N) is 1. The summed E-state index contributed by atoms with van der Waals surface area (Å²) in [5.74, 6) is 2.13. The van der Waals surface area contributed by atoms with Gasteiger partial charge in [-0.3, -0.25) is 0 Å². The zero-order chi connectivity index (χ0) is 13.8. The number of hydrogen-bond acceptors (Lipinski definition) is 4. The number of rotatable bonds is 5. The van der Waals surface area contributed by atoms with Gasteiger partial charge >= 0.3 is 0 Å². The van der Waals surface area contributed by atoms with Crippen molar-refractivity contribution in [2.24, 2.45) is 0 Å². The lowest BCUT2D eigenvalue weighted by molar-refractivity contribution is 0.327. The van der Waals surface area contributed by atoms with Crippen molar-refractivity contribution in [1.82, 2.24) is 14.9 Å². The van der Waals surface area contributed by atoms with Crippen LogP contribution in [0.5, 0.6) is 0 Å². The van der Waals surface area contributed by atoms with Crippen LogP contribution in [0.25, 0.3) is 0 Å². The molecule has 4 nitrogen and oxygen atoms in total. The zero-order valence-electron chi connectivity index (χ0n) is 12.0. The number of halogens is 1. The third kappa shape index (κ3) is 4.42. The Labute approximate surface area is 124 Å². The van der Waals surface area contributed by atoms with Crippen LogP contribution < -0.4 is 5.32 Å². The third-order valence-electron chi connectivity index (χ3n) is 3.35. The number of aromatic nitrogens is 2. The van der Waals surface area contributed by atoms with Crippen molar-refractivity contribution in [3.8, 4) is 0 Å². The summed E-state index contributed by atoms with van der Waals surface area (Å²) in [4.78, 5) is 11.5. The monoisotopic (exact) mass is 326 g/mol. The van der Waals surface area contributed by atoms with Gasteiger partial charge in [0, 0.05) is 24.6 Å². The van der Waals surface area contributed by atoms with Gasteiger partial charge < -0.3 is 10.2 Å². The fraction of sp³-hybridized carbons (Fsp3) is 0.714. The highest BCUT2D eigenvalue weighted by Crippen LogP contribution is 2.18. The van der Waals surface area contributed by atoms with E-state index in [2.05, 4.69) is 56.9 Å². The standard InChI is InChI=1S/C14H23BrN4/c1-10(2)14-17-12(15)8-13(18-14)16-11(3)9-19-6-4-5-7-19/h8,10-11H,4-7,9H2,1-3H3,(H,16,17,18). The quantitative estimate of drug-likeness (QED) is 0.843. The molecule has 2 rings (SSSR count). The highest BCUT2D eigenvalue weighted by atomic mass is 79.9. The minimum Gasteiger partial charge on any atom is -0.366 e. The fourth-order valence-corrected chi connectivity index (χ4v) is 2.82. The lowest BCUT2D eigenvalue weighted by atomic mass is 10.2. The molecule has 1 atom stereocenters. The molecule has 106 valence electrons. The maximum absolute atomic E-state index is 4.58. The molecule has 1 N–H and O–H groups in total. The predicted octanol–water partition coefficient (Wildman–Crippen LogP) is 3.26. The molecule has 0 bridgehead atoms. The van der Waals surface area contributed by atoms with Crippen molar-refractivity contribution in [2.75, 3.05) is 25.0 Å². The second-order valence-corrected chi connectivity index (χ2v) is 6.45. The van der Waals surface area contributed by atoms with Crippen LogP contribution >= 0.6 is 15.9 Å². The minimum absolute atomic E-state index is 0.340. The van der Waals surface area contributed by atoms with Gasteiger partial charge in [0.05, 0.1) is 0 Å². The second kappa shape index (κ2) is 6.66. The van der Waals surface area contributed by atoms with Crippen LogP contribution in [0.15, 0.2) is 10.7 Å². The van der Waals surface area contributed by atoms with E-state index in [-0.39, 0.29) is 0 Å². The molecule has 1 aliphatic heterocycles. The van der Waals surface area contributed by atoms with Crippen LogP contribution in [0, 0.1) is 0 Å². The van der Waals surface area contributed by atoms with E-state index >= 15 is 0 Å². The first-order valence-corrected chi connectivity index (χ1v) is 7.87. The Kier molecular flexibility index (Phi) is 5.16. The SMILES string of the molecule is CC(CN1CCCC1)Nc1cc(Br)nc(C(C)C)n1. The lowest BCUT2D eigenvalue weighted by Gasteiger charge is -2.22. The zero-order valence-corrected chi connectivity index (χ0v) is 13.6. The molecule has 5 heteroatoms. The molecule has 19 heavy (non-hydrogen) atoms. The van der Waals surface area contributed by atoms with E-state index in [1.165, 1.54) is 25.9 Å². The molecule has 1 fully saturated rings. The van der Waals surface area contributed by atoms with E-state index in [0.29, 0.717) is 12.0 Å². The van der Waals surface area contributed by atoms with E-state index in [0.717, 1.165) is 22.8 Å². The largest absolute Gasteiger partial charge is 0.366 e. The highest BCUT2D eigenvalue weighted by Gasteiger charge is 2.15. The topological polar surface area (TPSA) is 41.0 Å². The van der Waals surface area contributed by atoms with Gasteiger partial charge in [-0.05, 0) is 48.8 Å². The molecule has 0 spiro atoms. The molecule has 2 heterocycles. The fourth-order valence-electron chi connectivity index (χ4n) is 2.42. The van der Waals surface area contributed by atoms with Crippen molar-refractivity contribution < 1.29 is 0 Å². The highest BCUT2D eigenvalue weighted by molar-refractivity contribution is 9.10. The Morgan fingerprint density at radius 2 is 1.95 bits per heavy atom. The summed E-state index contributed by atoms with van der Waals surface area (Å²) in [7, 11) is 0. The third-order valence-corrected chi connectivity index (χ3v) is 3.76. The van der Waals surface area contributed by atoms with Crippen LogP contribution in [-0.4, -0.2) is 40.5 Å². The summed E-state index contributed by atoms with van der Waals surface area (Å²) in [5.41, 5.74) is 0. The van der Waals surface area contributed by atoms with Gasteiger partial charge in [-0.2, -0.15) is 0 Å². The maximum Gasteiger partial charge on any atom is 0.134 e. The first-order valence-electron chi connectivity index (χ1n) is 7.08. The molecule has 0 aliphatic carbocycles. The Bertz CT molecular complexity index is 416. The van der Waals surface area contributed by atoms with Crippen molar-refractivity contribution >= 4 is 21.7 Å². The molecular weight excluding hydrogens is 304 g/mol. The van der Waals surface area contributed by atoms with Crippen LogP contribution in [0.3, 0.4) is 0 Å². The van der Waals surface area contributed by atoms with E-state index in [4.69, 9.17) is 0 Å². The summed E-state index contributed by atoms with van der Waals surface area (Å²) < 4.78 is 0.849. The summed E-state index contributed by atoms with van der Waals surface area (Å²) >= 11 is 3.46.